The van der Waals surface area contributed by atoms with E-state index in [1.165, 1.54) is 0 Å². The second-order valence-electron chi connectivity index (χ2n) is 3.11. The van der Waals surface area contributed by atoms with Crippen LogP contribution >= 0.6 is 0 Å². The number of hydrogen-bond donors (Lipinski definition) is 1. The standard InChI is InChI=1S/C10H14O2S/c1-8(2)13(12)10-6-4-3-5-9(10)7-11/h3-6,8,11H,7H2,1-2H3. The lowest BCUT2D eigenvalue weighted by molar-refractivity contribution is 0.278. The molecule has 13 heavy (non-hydrogen) atoms. The summed E-state index contributed by atoms with van der Waals surface area (Å²) < 4.78 is 11.7. The van der Waals surface area contributed by atoms with Crippen molar-refractivity contribution in [3.05, 3.63) is 29.8 Å². The summed E-state index contributed by atoms with van der Waals surface area (Å²) in [6.07, 6.45) is 0. The Morgan fingerprint density at radius 3 is 2.54 bits per heavy atom. The van der Waals surface area contributed by atoms with Gasteiger partial charge in [-0.3, -0.25) is 4.21 Å². The van der Waals surface area contributed by atoms with Gasteiger partial charge >= 0.3 is 0 Å². The first-order chi connectivity index (χ1) is 6.16. The Labute approximate surface area is 81.1 Å². The zero-order valence-corrected chi connectivity index (χ0v) is 8.67. The van der Waals surface area contributed by atoms with Gasteiger partial charge in [-0.15, -0.1) is 0 Å². The minimum atomic E-state index is -1.01. The second-order valence-corrected chi connectivity index (χ2v) is 5.09. The van der Waals surface area contributed by atoms with E-state index >= 15 is 0 Å². The molecule has 2 nitrogen and oxygen atoms in total. The summed E-state index contributed by atoms with van der Waals surface area (Å²) >= 11 is 0. The van der Waals surface area contributed by atoms with Gasteiger partial charge in [0, 0.05) is 10.1 Å². The fraction of sp³-hybridized carbons (Fsp3) is 0.400. The summed E-state index contributed by atoms with van der Waals surface area (Å²) in [4.78, 5) is 0.750. The van der Waals surface area contributed by atoms with Gasteiger partial charge in [0.2, 0.25) is 0 Å². The minimum Gasteiger partial charge on any atom is -0.392 e. The van der Waals surface area contributed by atoms with E-state index in [4.69, 9.17) is 5.11 Å². The zero-order valence-electron chi connectivity index (χ0n) is 7.86. The van der Waals surface area contributed by atoms with Crippen molar-refractivity contribution in [2.24, 2.45) is 0 Å². The molecule has 1 atom stereocenters. The van der Waals surface area contributed by atoms with Gasteiger partial charge in [-0.2, -0.15) is 0 Å². The van der Waals surface area contributed by atoms with Gasteiger partial charge in [-0.25, -0.2) is 0 Å². The highest BCUT2D eigenvalue weighted by atomic mass is 32.2. The van der Waals surface area contributed by atoms with Crippen molar-refractivity contribution in [2.75, 3.05) is 0 Å². The van der Waals surface area contributed by atoms with Gasteiger partial charge in [0.25, 0.3) is 0 Å². The van der Waals surface area contributed by atoms with E-state index in [0.717, 1.165) is 10.5 Å². The Morgan fingerprint density at radius 1 is 1.38 bits per heavy atom. The highest BCUT2D eigenvalue weighted by molar-refractivity contribution is 7.85. The van der Waals surface area contributed by atoms with E-state index in [2.05, 4.69) is 0 Å². The molecule has 0 aromatic heterocycles. The van der Waals surface area contributed by atoms with Crippen LogP contribution in [0.4, 0.5) is 0 Å². The molecule has 1 unspecified atom stereocenters. The number of aliphatic hydroxyl groups excluding tert-OH is 1. The third kappa shape index (κ3) is 2.39. The van der Waals surface area contributed by atoms with E-state index in [1.54, 1.807) is 6.07 Å². The first kappa shape index (κ1) is 10.4. The van der Waals surface area contributed by atoms with E-state index in [-0.39, 0.29) is 11.9 Å². The molecule has 0 heterocycles. The van der Waals surface area contributed by atoms with Crippen molar-refractivity contribution in [2.45, 2.75) is 30.6 Å². The molecule has 0 amide bonds. The lowest BCUT2D eigenvalue weighted by Gasteiger charge is -2.08. The summed E-state index contributed by atoms with van der Waals surface area (Å²) in [5.74, 6) is 0. The van der Waals surface area contributed by atoms with Crippen LogP contribution in [0.5, 0.6) is 0 Å². The van der Waals surface area contributed by atoms with E-state index in [9.17, 15) is 4.21 Å². The van der Waals surface area contributed by atoms with Crippen molar-refractivity contribution in [3.8, 4) is 0 Å². The molecule has 0 aliphatic rings. The van der Waals surface area contributed by atoms with Crippen LogP contribution in [-0.4, -0.2) is 14.6 Å². The molecule has 3 heteroatoms. The van der Waals surface area contributed by atoms with E-state index < -0.39 is 10.8 Å². The van der Waals surface area contributed by atoms with Crippen molar-refractivity contribution < 1.29 is 9.32 Å². The Bertz CT molecular complexity index is 308. The smallest absolute Gasteiger partial charge is 0.0693 e. The SMILES string of the molecule is CC(C)S(=O)c1ccccc1CO. The van der Waals surface area contributed by atoms with Crippen LogP contribution in [0.25, 0.3) is 0 Å². The fourth-order valence-corrected chi connectivity index (χ4v) is 2.20. The zero-order chi connectivity index (χ0) is 9.84. The Hall–Kier alpha value is -0.670. The van der Waals surface area contributed by atoms with Crippen LogP contribution in [-0.2, 0) is 17.4 Å². The maximum atomic E-state index is 11.7. The molecule has 1 aromatic rings. The predicted molar refractivity (Wildman–Crippen MR) is 53.9 cm³/mol. The summed E-state index contributed by atoms with van der Waals surface area (Å²) in [5.41, 5.74) is 0.759. The first-order valence-electron chi connectivity index (χ1n) is 4.26. The van der Waals surface area contributed by atoms with Crippen LogP contribution in [0, 0.1) is 0 Å². The summed E-state index contributed by atoms with van der Waals surface area (Å²) in [6, 6.07) is 7.29. The van der Waals surface area contributed by atoms with Crippen molar-refractivity contribution in [3.63, 3.8) is 0 Å². The molecule has 0 saturated heterocycles. The number of rotatable bonds is 3. The normalized spacial score (nSPS) is 13.2. The number of benzene rings is 1. The molecular weight excluding hydrogens is 184 g/mol. The first-order valence-corrected chi connectivity index (χ1v) is 5.47. The largest absolute Gasteiger partial charge is 0.392 e. The number of aliphatic hydroxyl groups is 1. The Morgan fingerprint density at radius 2 is 2.00 bits per heavy atom. The van der Waals surface area contributed by atoms with Gasteiger partial charge in [-0.1, -0.05) is 32.0 Å². The van der Waals surface area contributed by atoms with E-state index in [1.807, 2.05) is 32.0 Å². The molecule has 0 radical (unpaired) electrons. The highest BCUT2D eigenvalue weighted by Crippen LogP contribution is 2.16. The fourth-order valence-electron chi connectivity index (χ4n) is 1.08. The second kappa shape index (κ2) is 4.53. The highest BCUT2D eigenvalue weighted by Gasteiger charge is 2.11. The molecule has 0 fully saturated rings. The topological polar surface area (TPSA) is 37.3 Å². The van der Waals surface area contributed by atoms with Crippen LogP contribution in [0.3, 0.4) is 0 Å². The third-order valence-electron chi connectivity index (χ3n) is 1.79. The minimum absolute atomic E-state index is 0.0470. The van der Waals surface area contributed by atoms with Gasteiger partial charge in [0.15, 0.2) is 0 Å². The van der Waals surface area contributed by atoms with Gasteiger partial charge in [0.1, 0.15) is 0 Å². The van der Waals surface area contributed by atoms with Gasteiger partial charge in [0.05, 0.1) is 17.4 Å². The molecule has 1 aromatic carbocycles. The monoisotopic (exact) mass is 198 g/mol. The van der Waals surface area contributed by atoms with Crippen LogP contribution in [0.15, 0.2) is 29.2 Å². The Kier molecular flexibility index (Phi) is 3.63. The van der Waals surface area contributed by atoms with Crippen molar-refractivity contribution in [1.82, 2.24) is 0 Å². The lowest BCUT2D eigenvalue weighted by Crippen LogP contribution is -2.08. The molecule has 0 bridgehead atoms. The molecule has 0 saturated carbocycles. The quantitative estimate of drug-likeness (QED) is 0.802. The molecule has 1 rings (SSSR count). The van der Waals surface area contributed by atoms with E-state index in [0.29, 0.717) is 0 Å². The maximum absolute atomic E-state index is 11.7. The molecule has 72 valence electrons. The van der Waals surface area contributed by atoms with Crippen LogP contribution < -0.4 is 0 Å². The molecule has 0 aliphatic carbocycles. The molecule has 0 spiro atoms. The summed E-state index contributed by atoms with van der Waals surface area (Å²) in [7, 11) is -1.01. The van der Waals surface area contributed by atoms with Gasteiger partial charge in [-0.05, 0) is 11.6 Å². The predicted octanol–water partition coefficient (Wildman–Crippen LogP) is 1.69. The third-order valence-corrected chi connectivity index (χ3v) is 3.48. The van der Waals surface area contributed by atoms with Crippen LogP contribution in [0.1, 0.15) is 19.4 Å². The maximum Gasteiger partial charge on any atom is 0.0693 e. The van der Waals surface area contributed by atoms with Crippen LogP contribution in [0.2, 0.25) is 0 Å². The van der Waals surface area contributed by atoms with Crippen molar-refractivity contribution >= 4 is 10.8 Å². The number of hydrogen-bond acceptors (Lipinski definition) is 2. The lowest BCUT2D eigenvalue weighted by atomic mass is 10.2. The average Bonchev–Trinajstić information content (AvgIpc) is 2.16. The molecular formula is C10H14O2S. The molecule has 1 N–H and O–H groups in total. The summed E-state index contributed by atoms with van der Waals surface area (Å²) in [5, 5.41) is 9.11. The van der Waals surface area contributed by atoms with Crippen molar-refractivity contribution in [1.29, 1.82) is 0 Å². The summed E-state index contributed by atoms with van der Waals surface area (Å²) in [6.45, 7) is 3.77. The van der Waals surface area contributed by atoms with Gasteiger partial charge < -0.3 is 5.11 Å². The Balaban J connectivity index is 3.06. The molecule has 0 aliphatic heterocycles. The average molecular weight is 198 g/mol.